The van der Waals surface area contributed by atoms with Gasteiger partial charge in [0.1, 0.15) is 0 Å². The lowest BCUT2D eigenvalue weighted by molar-refractivity contribution is -0.168. The molecule has 3 nitrogen and oxygen atoms in total. The number of hydrogen-bond donors (Lipinski definition) is 0. The molecule has 0 radical (unpaired) electrons. The Hall–Kier alpha value is 0.170. The van der Waals surface area contributed by atoms with Crippen molar-refractivity contribution in [2.75, 3.05) is 32.3 Å². The molecule has 0 aromatic carbocycles. The Bertz CT molecular complexity index is 115. The van der Waals surface area contributed by atoms with Gasteiger partial charge in [-0.3, -0.25) is 0 Å². The number of halogens is 1. The van der Waals surface area contributed by atoms with Crippen LogP contribution in [0.25, 0.3) is 0 Å². The highest BCUT2D eigenvalue weighted by Gasteiger charge is 2.13. The summed E-state index contributed by atoms with van der Waals surface area (Å²) in [5.41, 5.74) is 0. The van der Waals surface area contributed by atoms with Crippen molar-refractivity contribution < 1.29 is 14.2 Å². The van der Waals surface area contributed by atoms with Crippen LogP contribution >= 0.6 is 11.6 Å². The van der Waals surface area contributed by atoms with E-state index in [9.17, 15) is 0 Å². The molecule has 0 amide bonds. The summed E-state index contributed by atoms with van der Waals surface area (Å²) < 4.78 is 16.0. The second-order valence-corrected chi connectivity index (χ2v) is 3.35. The summed E-state index contributed by atoms with van der Waals surface area (Å²) in [6.45, 7) is 2.62. The molecule has 1 fully saturated rings. The molecule has 4 heteroatoms. The standard InChI is InChI=1S/C9H17ClO3/c10-4-6-11-7-8-13-9-3-1-2-5-12-9/h9H,1-8H2/t9-/m1/s1. The van der Waals surface area contributed by atoms with Crippen LogP contribution in [0.3, 0.4) is 0 Å². The lowest BCUT2D eigenvalue weighted by atomic mass is 10.2. The third-order valence-electron chi connectivity index (χ3n) is 1.89. The highest BCUT2D eigenvalue weighted by molar-refractivity contribution is 6.17. The monoisotopic (exact) mass is 208 g/mol. The van der Waals surface area contributed by atoms with Gasteiger partial charge in [-0.25, -0.2) is 0 Å². The van der Waals surface area contributed by atoms with Gasteiger partial charge in [0.15, 0.2) is 6.29 Å². The minimum absolute atomic E-state index is 0.00616. The van der Waals surface area contributed by atoms with Crippen LogP contribution in [-0.4, -0.2) is 38.6 Å². The Morgan fingerprint density at radius 2 is 2.15 bits per heavy atom. The van der Waals surface area contributed by atoms with Crippen molar-refractivity contribution in [1.29, 1.82) is 0 Å². The molecular weight excluding hydrogens is 192 g/mol. The minimum Gasteiger partial charge on any atom is -0.378 e. The molecule has 0 aromatic heterocycles. The average Bonchev–Trinajstić information content (AvgIpc) is 2.19. The zero-order valence-corrected chi connectivity index (χ0v) is 8.59. The van der Waals surface area contributed by atoms with E-state index in [0.29, 0.717) is 25.7 Å². The summed E-state index contributed by atoms with van der Waals surface area (Å²) in [7, 11) is 0. The largest absolute Gasteiger partial charge is 0.378 e. The molecule has 1 aliphatic heterocycles. The van der Waals surface area contributed by atoms with E-state index in [1.165, 1.54) is 6.42 Å². The van der Waals surface area contributed by atoms with Gasteiger partial charge in [-0.2, -0.15) is 0 Å². The van der Waals surface area contributed by atoms with Gasteiger partial charge < -0.3 is 14.2 Å². The van der Waals surface area contributed by atoms with E-state index in [1.54, 1.807) is 0 Å². The van der Waals surface area contributed by atoms with Gasteiger partial charge in [0.05, 0.1) is 19.8 Å². The molecule has 13 heavy (non-hydrogen) atoms. The highest BCUT2D eigenvalue weighted by atomic mass is 35.5. The van der Waals surface area contributed by atoms with E-state index < -0.39 is 0 Å². The second-order valence-electron chi connectivity index (χ2n) is 2.97. The van der Waals surface area contributed by atoms with Crippen LogP contribution in [0.15, 0.2) is 0 Å². The summed E-state index contributed by atoms with van der Waals surface area (Å²) in [5.74, 6) is 0.542. The van der Waals surface area contributed by atoms with Gasteiger partial charge in [0, 0.05) is 12.5 Å². The van der Waals surface area contributed by atoms with Crippen molar-refractivity contribution in [2.45, 2.75) is 25.6 Å². The normalized spacial score (nSPS) is 23.3. The van der Waals surface area contributed by atoms with Gasteiger partial charge in [0.25, 0.3) is 0 Å². The first-order valence-corrected chi connectivity index (χ1v) is 5.34. The van der Waals surface area contributed by atoms with Crippen molar-refractivity contribution in [3.63, 3.8) is 0 Å². The molecule has 0 unspecified atom stereocenters. The third-order valence-corrected chi connectivity index (χ3v) is 2.05. The van der Waals surface area contributed by atoms with Crippen LogP contribution in [0, 0.1) is 0 Å². The van der Waals surface area contributed by atoms with Crippen LogP contribution < -0.4 is 0 Å². The molecular formula is C9H17ClO3. The minimum atomic E-state index is -0.00616. The van der Waals surface area contributed by atoms with Crippen molar-refractivity contribution in [2.24, 2.45) is 0 Å². The SMILES string of the molecule is ClCCOCCO[C@@H]1CCCCO1. The van der Waals surface area contributed by atoms with Crippen LogP contribution in [0.2, 0.25) is 0 Å². The maximum absolute atomic E-state index is 5.44. The molecule has 1 saturated heterocycles. The third kappa shape index (κ3) is 5.47. The fourth-order valence-corrected chi connectivity index (χ4v) is 1.35. The molecule has 0 aliphatic carbocycles. The zero-order valence-electron chi connectivity index (χ0n) is 7.84. The van der Waals surface area contributed by atoms with Crippen LogP contribution in [-0.2, 0) is 14.2 Å². The Labute approximate surface area is 84.3 Å². The maximum Gasteiger partial charge on any atom is 0.157 e. The first-order chi connectivity index (χ1) is 6.43. The zero-order chi connectivity index (χ0) is 9.36. The smallest absolute Gasteiger partial charge is 0.157 e. The van der Waals surface area contributed by atoms with E-state index in [1.807, 2.05) is 0 Å². The average molecular weight is 209 g/mol. The Balaban J connectivity index is 1.86. The first-order valence-electron chi connectivity index (χ1n) is 4.80. The quantitative estimate of drug-likeness (QED) is 0.492. The van der Waals surface area contributed by atoms with Crippen LogP contribution in [0.4, 0.5) is 0 Å². The number of ether oxygens (including phenoxy) is 3. The second kappa shape index (κ2) is 7.56. The maximum atomic E-state index is 5.44. The van der Waals surface area contributed by atoms with Gasteiger partial charge in [-0.05, 0) is 19.3 Å². The summed E-state index contributed by atoms with van der Waals surface area (Å²) in [5, 5.41) is 0. The molecule has 0 N–H and O–H groups in total. The van der Waals surface area contributed by atoms with E-state index in [4.69, 9.17) is 25.8 Å². The molecule has 0 bridgehead atoms. The van der Waals surface area contributed by atoms with Crippen molar-refractivity contribution in [3.05, 3.63) is 0 Å². The fraction of sp³-hybridized carbons (Fsp3) is 1.00. The lowest BCUT2D eigenvalue weighted by Gasteiger charge is -2.22. The molecule has 1 rings (SSSR count). The van der Waals surface area contributed by atoms with Gasteiger partial charge in [-0.1, -0.05) is 0 Å². The van der Waals surface area contributed by atoms with Gasteiger partial charge in [0.2, 0.25) is 0 Å². The number of rotatable bonds is 6. The molecule has 0 aromatic rings. The predicted octanol–water partition coefficient (Wildman–Crippen LogP) is 1.78. The van der Waals surface area contributed by atoms with Gasteiger partial charge >= 0.3 is 0 Å². The molecule has 1 aliphatic rings. The fourth-order valence-electron chi connectivity index (χ4n) is 1.24. The van der Waals surface area contributed by atoms with E-state index in [-0.39, 0.29) is 6.29 Å². The number of hydrogen-bond acceptors (Lipinski definition) is 3. The summed E-state index contributed by atoms with van der Waals surface area (Å²) in [6.07, 6.45) is 3.36. The van der Waals surface area contributed by atoms with Gasteiger partial charge in [-0.15, -0.1) is 11.6 Å². The Morgan fingerprint density at radius 1 is 1.23 bits per heavy atom. The highest BCUT2D eigenvalue weighted by Crippen LogP contribution is 2.13. The lowest BCUT2D eigenvalue weighted by Crippen LogP contribution is -2.24. The Morgan fingerprint density at radius 3 is 2.85 bits per heavy atom. The van der Waals surface area contributed by atoms with Crippen LogP contribution in [0.1, 0.15) is 19.3 Å². The van der Waals surface area contributed by atoms with E-state index >= 15 is 0 Å². The molecule has 1 heterocycles. The summed E-state index contributed by atoms with van der Waals surface area (Å²) in [6, 6.07) is 0. The van der Waals surface area contributed by atoms with Crippen molar-refractivity contribution in [3.8, 4) is 0 Å². The van der Waals surface area contributed by atoms with E-state index in [0.717, 1.165) is 19.4 Å². The molecule has 0 spiro atoms. The topological polar surface area (TPSA) is 27.7 Å². The van der Waals surface area contributed by atoms with Crippen molar-refractivity contribution >= 4 is 11.6 Å². The Kier molecular flexibility index (Phi) is 6.54. The van der Waals surface area contributed by atoms with Crippen molar-refractivity contribution in [1.82, 2.24) is 0 Å². The number of alkyl halides is 1. The molecule has 0 saturated carbocycles. The predicted molar refractivity (Wildman–Crippen MR) is 51.1 cm³/mol. The molecule has 78 valence electrons. The van der Waals surface area contributed by atoms with Crippen LogP contribution in [0.5, 0.6) is 0 Å². The molecule has 1 atom stereocenters. The van der Waals surface area contributed by atoms with E-state index in [2.05, 4.69) is 0 Å². The first kappa shape index (κ1) is 11.2. The summed E-state index contributed by atoms with van der Waals surface area (Å²) >= 11 is 5.44. The summed E-state index contributed by atoms with van der Waals surface area (Å²) in [4.78, 5) is 0.